The van der Waals surface area contributed by atoms with Crippen LogP contribution in [0.25, 0.3) is 0 Å². The third-order valence-corrected chi connectivity index (χ3v) is 5.45. The number of piperazine rings is 1. The Morgan fingerprint density at radius 1 is 1.00 bits per heavy atom. The average Bonchev–Trinajstić information content (AvgIpc) is 2.78. The number of carbonyl (C=O) groups excluding carboxylic acids is 2. The topological polar surface area (TPSA) is 81.9 Å². The van der Waals surface area contributed by atoms with Crippen molar-refractivity contribution in [1.82, 2.24) is 10.2 Å². The monoisotopic (exact) mass is 409 g/mol. The Bertz CT molecular complexity index is 817. The number of amides is 2. The summed E-state index contributed by atoms with van der Waals surface area (Å²) in [6, 6.07) is 17.6. The van der Waals surface area contributed by atoms with Crippen LogP contribution >= 0.6 is 0 Å². The van der Waals surface area contributed by atoms with Crippen LogP contribution in [0.2, 0.25) is 0 Å². The molecule has 0 saturated carbocycles. The molecule has 7 heteroatoms. The summed E-state index contributed by atoms with van der Waals surface area (Å²) in [5.74, 6) is -0.333. The Hall–Kier alpha value is -3.06. The molecule has 2 amide bonds. The number of nitrogens with one attached hydrogen (secondary N) is 1. The lowest BCUT2D eigenvalue weighted by atomic mass is 10.1. The number of anilines is 2. The van der Waals surface area contributed by atoms with Gasteiger partial charge >= 0.3 is 0 Å². The van der Waals surface area contributed by atoms with Crippen LogP contribution < -0.4 is 20.9 Å². The SMILES string of the molecule is CN(CCCNC(=O)CN1CCN(c2ccc(C(N)=O)cc2)CC1)c1ccccc1. The molecule has 30 heavy (non-hydrogen) atoms. The highest BCUT2D eigenvalue weighted by Crippen LogP contribution is 2.17. The molecule has 0 aromatic heterocycles. The molecule has 0 unspecified atom stereocenters. The van der Waals surface area contributed by atoms with Crippen molar-refractivity contribution in [3.8, 4) is 0 Å². The second kappa shape index (κ2) is 10.6. The van der Waals surface area contributed by atoms with Gasteiger partial charge in [-0.25, -0.2) is 0 Å². The fourth-order valence-electron chi connectivity index (χ4n) is 3.62. The second-order valence-corrected chi connectivity index (χ2v) is 7.63. The maximum Gasteiger partial charge on any atom is 0.248 e. The van der Waals surface area contributed by atoms with Gasteiger partial charge in [-0.1, -0.05) is 18.2 Å². The van der Waals surface area contributed by atoms with E-state index in [0.29, 0.717) is 18.7 Å². The van der Waals surface area contributed by atoms with E-state index in [-0.39, 0.29) is 5.91 Å². The van der Waals surface area contributed by atoms with E-state index in [0.717, 1.165) is 44.8 Å². The quantitative estimate of drug-likeness (QED) is 0.614. The predicted octanol–water partition coefficient (Wildman–Crippen LogP) is 1.55. The first-order valence-electron chi connectivity index (χ1n) is 10.4. The summed E-state index contributed by atoms with van der Waals surface area (Å²) in [5, 5.41) is 3.03. The zero-order valence-corrected chi connectivity index (χ0v) is 17.6. The number of nitrogens with two attached hydrogens (primary N) is 1. The minimum atomic E-state index is -0.413. The number of hydrogen-bond donors (Lipinski definition) is 2. The van der Waals surface area contributed by atoms with Gasteiger partial charge in [-0.15, -0.1) is 0 Å². The summed E-state index contributed by atoms with van der Waals surface area (Å²) in [7, 11) is 2.07. The van der Waals surface area contributed by atoms with Gasteiger partial charge in [-0.05, 0) is 42.8 Å². The van der Waals surface area contributed by atoms with Gasteiger partial charge in [-0.3, -0.25) is 14.5 Å². The maximum absolute atomic E-state index is 12.3. The third kappa shape index (κ3) is 6.22. The Morgan fingerprint density at radius 3 is 2.30 bits per heavy atom. The Labute approximate surface area is 178 Å². The summed E-state index contributed by atoms with van der Waals surface area (Å²) in [5.41, 5.74) is 8.07. The normalized spacial score (nSPS) is 14.4. The first-order valence-corrected chi connectivity index (χ1v) is 10.4. The first-order chi connectivity index (χ1) is 14.5. The van der Waals surface area contributed by atoms with Gasteiger partial charge in [0.1, 0.15) is 0 Å². The molecule has 1 aliphatic rings. The molecule has 3 rings (SSSR count). The van der Waals surface area contributed by atoms with E-state index in [1.165, 1.54) is 5.69 Å². The molecule has 2 aromatic rings. The van der Waals surface area contributed by atoms with Crippen LogP contribution in [-0.2, 0) is 4.79 Å². The lowest BCUT2D eigenvalue weighted by molar-refractivity contribution is -0.122. The van der Waals surface area contributed by atoms with Crippen LogP contribution in [0.1, 0.15) is 16.8 Å². The standard InChI is InChI=1S/C23H31N5O2/c1-26(20-6-3-2-4-7-20)13-5-12-25-22(29)18-27-14-16-28(17-15-27)21-10-8-19(9-11-21)23(24)30/h2-4,6-11H,5,12-18H2,1H3,(H2,24,30)(H,25,29). The molecule has 0 atom stereocenters. The lowest BCUT2D eigenvalue weighted by Gasteiger charge is -2.35. The van der Waals surface area contributed by atoms with Crippen molar-refractivity contribution in [3.05, 3.63) is 60.2 Å². The Balaban J connectivity index is 1.32. The molecular weight excluding hydrogens is 378 g/mol. The maximum atomic E-state index is 12.3. The second-order valence-electron chi connectivity index (χ2n) is 7.63. The van der Waals surface area contributed by atoms with Gasteiger partial charge < -0.3 is 20.9 Å². The minimum absolute atomic E-state index is 0.0802. The van der Waals surface area contributed by atoms with Gasteiger partial charge in [-0.2, -0.15) is 0 Å². The van der Waals surface area contributed by atoms with Crippen molar-refractivity contribution in [2.45, 2.75) is 6.42 Å². The number of benzene rings is 2. The van der Waals surface area contributed by atoms with E-state index < -0.39 is 5.91 Å². The molecule has 0 bridgehead atoms. The molecule has 0 spiro atoms. The van der Waals surface area contributed by atoms with Crippen LogP contribution in [0.4, 0.5) is 11.4 Å². The molecule has 160 valence electrons. The molecule has 0 radical (unpaired) electrons. The molecule has 1 fully saturated rings. The van der Waals surface area contributed by atoms with Crippen LogP contribution in [0.5, 0.6) is 0 Å². The predicted molar refractivity (Wildman–Crippen MR) is 121 cm³/mol. The van der Waals surface area contributed by atoms with Gasteiger partial charge in [0.25, 0.3) is 0 Å². The summed E-state index contributed by atoms with van der Waals surface area (Å²) in [6.45, 7) is 5.39. The van der Waals surface area contributed by atoms with Crippen molar-refractivity contribution >= 4 is 23.2 Å². The largest absolute Gasteiger partial charge is 0.375 e. The highest BCUT2D eigenvalue weighted by Gasteiger charge is 2.19. The minimum Gasteiger partial charge on any atom is -0.375 e. The number of para-hydroxylation sites is 1. The summed E-state index contributed by atoms with van der Waals surface area (Å²) >= 11 is 0. The summed E-state index contributed by atoms with van der Waals surface area (Å²) in [6.07, 6.45) is 0.909. The highest BCUT2D eigenvalue weighted by molar-refractivity contribution is 5.93. The molecular formula is C23H31N5O2. The van der Waals surface area contributed by atoms with E-state index in [2.05, 4.69) is 39.2 Å². The fourth-order valence-corrected chi connectivity index (χ4v) is 3.62. The first kappa shape index (κ1) is 21.6. The number of rotatable bonds is 9. The van der Waals surface area contributed by atoms with Crippen molar-refractivity contribution in [2.75, 3.05) is 62.7 Å². The molecule has 1 saturated heterocycles. The van der Waals surface area contributed by atoms with Crippen LogP contribution in [0, 0.1) is 0 Å². The lowest BCUT2D eigenvalue weighted by Crippen LogP contribution is -2.49. The number of primary amides is 1. The molecule has 1 heterocycles. The zero-order chi connectivity index (χ0) is 21.3. The van der Waals surface area contributed by atoms with Gasteiger partial charge in [0.15, 0.2) is 0 Å². The van der Waals surface area contributed by atoms with E-state index in [1.54, 1.807) is 12.1 Å². The zero-order valence-electron chi connectivity index (χ0n) is 17.6. The van der Waals surface area contributed by atoms with E-state index in [1.807, 2.05) is 30.3 Å². The van der Waals surface area contributed by atoms with Crippen LogP contribution in [-0.4, -0.2) is 69.6 Å². The van der Waals surface area contributed by atoms with Crippen molar-refractivity contribution in [2.24, 2.45) is 5.73 Å². The van der Waals surface area contributed by atoms with Gasteiger partial charge in [0.2, 0.25) is 11.8 Å². The molecule has 2 aromatic carbocycles. The highest BCUT2D eigenvalue weighted by atomic mass is 16.2. The smallest absolute Gasteiger partial charge is 0.248 e. The summed E-state index contributed by atoms with van der Waals surface area (Å²) < 4.78 is 0. The van der Waals surface area contributed by atoms with Crippen molar-refractivity contribution < 1.29 is 9.59 Å². The average molecular weight is 410 g/mol. The van der Waals surface area contributed by atoms with E-state index in [9.17, 15) is 9.59 Å². The van der Waals surface area contributed by atoms with Crippen LogP contribution in [0.15, 0.2) is 54.6 Å². The van der Waals surface area contributed by atoms with Crippen LogP contribution in [0.3, 0.4) is 0 Å². The number of nitrogens with zero attached hydrogens (tertiary/aromatic N) is 3. The van der Waals surface area contributed by atoms with Crippen molar-refractivity contribution in [3.63, 3.8) is 0 Å². The third-order valence-electron chi connectivity index (χ3n) is 5.45. The summed E-state index contributed by atoms with van der Waals surface area (Å²) in [4.78, 5) is 30.1. The van der Waals surface area contributed by atoms with Gasteiger partial charge in [0, 0.05) is 63.3 Å². The van der Waals surface area contributed by atoms with Gasteiger partial charge in [0.05, 0.1) is 6.54 Å². The molecule has 7 nitrogen and oxygen atoms in total. The number of carbonyl (C=O) groups is 2. The molecule has 1 aliphatic heterocycles. The van der Waals surface area contributed by atoms with E-state index >= 15 is 0 Å². The number of hydrogen-bond acceptors (Lipinski definition) is 5. The Morgan fingerprint density at radius 2 is 1.67 bits per heavy atom. The molecule has 3 N–H and O–H groups in total. The molecule has 0 aliphatic carbocycles. The Kier molecular flexibility index (Phi) is 7.68. The van der Waals surface area contributed by atoms with E-state index in [4.69, 9.17) is 5.73 Å². The van der Waals surface area contributed by atoms with Crippen molar-refractivity contribution in [1.29, 1.82) is 0 Å². The fraction of sp³-hybridized carbons (Fsp3) is 0.391.